The molecule has 3 nitrogen and oxygen atoms in total. The minimum absolute atomic E-state index is 0.225. The highest BCUT2D eigenvalue weighted by molar-refractivity contribution is 6.30. The number of cyclic esters (lactones) is 1. The lowest BCUT2D eigenvalue weighted by atomic mass is 9.97. The summed E-state index contributed by atoms with van der Waals surface area (Å²) in [5.74, 6) is -0.628. The Bertz CT molecular complexity index is 347. The van der Waals surface area contributed by atoms with E-state index in [1.54, 1.807) is 24.3 Å². The number of carbonyl (C=O) groups is 1. The normalized spacial score (nSPS) is 26.3. The molecule has 1 saturated heterocycles. The smallest absolute Gasteiger partial charge is 0.308 e. The van der Waals surface area contributed by atoms with Crippen LogP contribution in [0.4, 0.5) is 0 Å². The molecule has 2 rings (SSSR count). The van der Waals surface area contributed by atoms with Gasteiger partial charge in [0.2, 0.25) is 6.29 Å². The number of esters is 1. The molecule has 1 heterocycles. The molecule has 0 aliphatic carbocycles. The standard InChI is InChI=1S/C10H9ClO3/c11-7-3-1-6(2-4-7)8-5-9(12)14-10(8)13/h1-4,8,10,13H,5H2. The van der Waals surface area contributed by atoms with Crippen LogP contribution < -0.4 is 0 Å². The second-order valence-corrected chi connectivity index (χ2v) is 3.68. The van der Waals surface area contributed by atoms with Crippen LogP contribution >= 0.6 is 11.6 Å². The molecule has 2 unspecified atom stereocenters. The summed E-state index contributed by atoms with van der Waals surface area (Å²) in [5, 5.41) is 10.0. The minimum atomic E-state index is -1.02. The molecule has 0 spiro atoms. The van der Waals surface area contributed by atoms with Crippen molar-refractivity contribution in [2.45, 2.75) is 18.6 Å². The molecule has 2 atom stereocenters. The fraction of sp³-hybridized carbons (Fsp3) is 0.300. The Balaban J connectivity index is 2.23. The van der Waals surface area contributed by atoms with Crippen molar-refractivity contribution in [3.63, 3.8) is 0 Å². The molecule has 4 heteroatoms. The van der Waals surface area contributed by atoms with E-state index in [-0.39, 0.29) is 18.3 Å². The maximum atomic E-state index is 10.9. The Kier molecular flexibility index (Phi) is 2.44. The lowest BCUT2D eigenvalue weighted by molar-refractivity contribution is -0.154. The molecule has 1 aromatic carbocycles. The van der Waals surface area contributed by atoms with E-state index in [1.165, 1.54) is 0 Å². The van der Waals surface area contributed by atoms with Crippen LogP contribution in [-0.4, -0.2) is 17.4 Å². The van der Waals surface area contributed by atoms with Gasteiger partial charge in [0.1, 0.15) is 0 Å². The van der Waals surface area contributed by atoms with Gasteiger partial charge in [0, 0.05) is 5.02 Å². The Labute approximate surface area is 86.3 Å². The van der Waals surface area contributed by atoms with Crippen molar-refractivity contribution in [2.24, 2.45) is 0 Å². The molecule has 1 fully saturated rings. The topological polar surface area (TPSA) is 46.5 Å². The average molecular weight is 213 g/mol. The first-order valence-electron chi connectivity index (χ1n) is 4.30. The van der Waals surface area contributed by atoms with Crippen LogP contribution in [0.1, 0.15) is 17.9 Å². The number of carbonyl (C=O) groups excluding carboxylic acids is 1. The zero-order chi connectivity index (χ0) is 10.1. The van der Waals surface area contributed by atoms with Crippen molar-refractivity contribution >= 4 is 17.6 Å². The summed E-state index contributed by atoms with van der Waals surface area (Å²) < 4.78 is 4.64. The van der Waals surface area contributed by atoms with E-state index < -0.39 is 6.29 Å². The van der Waals surface area contributed by atoms with Crippen molar-refractivity contribution in [1.82, 2.24) is 0 Å². The fourth-order valence-corrected chi connectivity index (χ4v) is 1.66. The van der Waals surface area contributed by atoms with Crippen LogP contribution in [0.15, 0.2) is 24.3 Å². The van der Waals surface area contributed by atoms with Crippen molar-refractivity contribution in [2.75, 3.05) is 0 Å². The van der Waals surface area contributed by atoms with Gasteiger partial charge in [-0.2, -0.15) is 0 Å². The van der Waals surface area contributed by atoms with E-state index in [9.17, 15) is 9.90 Å². The minimum Gasteiger partial charge on any atom is -0.435 e. The first-order valence-corrected chi connectivity index (χ1v) is 4.67. The third-order valence-corrected chi connectivity index (χ3v) is 2.53. The van der Waals surface area contributed by atoms with E-state index in [4.69, 9.17) is 11.6 Å². The second-order valence-electron chi connectivity index (χ2n) is 3.24. The highest BCUT2D eigenvalue weighted by Gasteiger charge is 2.34. The molecule has 1 aliphatic rings. The largest absolute Gasteiger partial charge is 0.435 e. The van der Waals surface area contributed by atoms with Crippen LogP contribution in [0, 0.1) is 0 Å². The third kappa shape index (κ3) is 1.74. The van der Waals surface area contributed by atoms with Crippen molar-refractivity contribution in [3.8, 4) is 0 Å². The number of aliphatic hydroxyl groups is 1. The number of hydrogen-bond donors (Lipinski definition) is 1. The summed E-state index contributed by atoms with van der Waals surface area (Å²) in [4.78, 5) is 10.9. The van der Waals surface area contributed by atoms with Crippen molar-refractivity contribution in [1.29, 1.82) is 0 Å². The third-order valence-electron chi connectivity index (χ3n) is 2.28. The zero-order valence-electron chi connectivity index (χ0n) is 7.31. The number of aliphatic hydroxyl groups excluding tert-OH is 1. The molecule has 0 aromatic heterocycles. The fourth-order valence-electron chi connectivity index (χ4n) is 1.54. The summed E-state index contributed by atoms with van der Waals surface area (Å²) in [6.07, 6.45) is -0.799. The van der Waals surface area contributed by atoms with Gasteiger partial charge in [0.05, 0.1) is 12.3 Å². The maximum absolute atomic E-state index is 10.9. The lowest BCUT2D eigenvalue weighted by Gasteiger charge is -2.11. The summed E-state index contributed by atoms with van der Waals surface area (Å²) in [7, 11) is 0. The van der Waals surface area contributed by atoms with Gasteiger partial charge in [-0.25, -0.2) is 0 Å². The van der Waals surface area contributed by atoms with Crippen LogP contribution in [-0.2, 0) is 9.53 Å². The predicted octanol–water partition coefficient (Wildman–Crippen LogP) is 1.69. The molecular weight excluding hydrogens is 204 g/mol. The van der Waals surface area contributed by atoms with Gasteiger partial charge in [0.15, 0.2) is 0 Å². The summed E-state index contributed by atoms with van der Waals surface area (Å²) in [6, 6.07) is 7.04. The lowest BCUT2D eigenvalue weighted by Crippen LogP contribution is -2.12. The Morgan fingerprint density at radius 2 is 2.00 bits per heavy atom. The molecule has 0 bridgehead atoms. The summed E-state index contributed by atoms with van der Waals surface area (Å²) in [5.41, 5.74) is 0.868. The van der Waals surface area contributed by atoms with Gasteiger partial charge in [-0.05, 0) is 17.7 Å². The van der Waals surface area contributed by atoms with E-state index in [2.05, 4.69) is 4.74 Å². The van der Waals surface area contributed by atoms with Crippen molar-refractivity contribution in [3.05, 3.63) is 34.9 Å². The van der Waals surface area contributed by atoms with Gasteiger partial charge in [-0.1, -0.05) is 23.7 Å². The number of benzene rings is 1. The molecule has 1 aromatic rings. The second kappa shape index (κ2) is 3.59. The van der Waals surface area contributed by atoms with Gasteiger partial charge in [-0.3, -0.25) is 4.79 Å². The van der Waals surface area contributed by atoms with E-state index in [0.717, 1.165) is 5.56 Å². The van der Waals surface area contributed by atoms with Gasteiger partial charge in [-0.15, -0.1) is 0 Å². The average Bonchev–Trinajstić information content (AvgIpc) is 2.47. The molecule has 0 saturated carbocycles. The van der Waals surface area contributed by atoms with Crippen molar-refractivity contribution < 1.29 is 14.6 Å². The van der Waals surface area contributed by atoms with Crippen LogP contribution in [0.3, 0.4) is 0 Å². The molecule has 1 aliphatic heterocycles. The van der Waals surface area contributed by atoms with Gasteiger partial charge in [0.25, 0.3) is 0 Å². The zero-order valence-corrected chi connectivity index (χ0v) is 8.07. The Morgan fingerprint density at radius 3 is 2.50 bits per heavy atom. The quantitative estimate of drug-likeness (QED) is 0.721. The molecule has 1 N–H and O–H groups in total. The molecule has 14 heavy (non-hydrogen) atoms. The monoisotopic (exact) mass is 212 g/mol. The van der Waals surface area contributed by atoms with Crippen LogP contribution in [0.2, 0.25) is 5.02 Å². The first-order chi connectivity index (χ1) is 6.66. The number of hydrogen-bond acceptors (Lipinski definition) is 3. The van der Waals surface area contributed by atoms with E-state index in [0.29, 0.717) is 5.02 Å². The Hall–Kier alpha value is -1.06. The van der Waals surface area contributed by atoms with E-state index >= 15 is 0 Å². The number of ether oxygens (including phenoxy) is 1. The highest BCUT2D eigenvalue weighted by Crippen LogP contribution is 2.31. The SMILES string of the molecule is O=C1CC(c2ccc(Cl)cc2)C(O)O1. The Morgan fingerprint density at radius 1 is 1.36 bits per heavy atom. The molecule has 0 amide bonds. The molecular formula is C10H9ClO3. The predicted molar refractivity (Wildman–Crippen MR) is 50.9 cm³/mol. The summed E-state index contributed by atoms with van der Waals surface area (Å²) in [6.45, 7) is 0. The summed E-state index contributed by atoms with van der Waals surface area (Å²) >= 11 is 5.72. The van der Waals surface area contributed by atoms with Crippen LogP contribution in [0.25, 0.3) is 0 Å². The van der Waals surface area contributed by atoms with Crippen LogP contribution in [0.5, 0.6) is 0 Å². The molecule has 74 valence electrons. The maximum Gasteiger partial charge on any atom is 0.308 e. The van der Waals surface area contributed by atoms with Gasteiger partial charge >= 0.3 is 5.97 Å². The highest BCUT2D eigenvalue weighted by atomic mass is 35.5. The first kappa shape index (κ1) is 9.49. The van der Waals surface area contributed by atoms with E-state index in [1.807, 2.05) is 0 Å². The number of halogens is 1. The molecule has 0 radical (unpaired) electrons. The number of rotatable bonds is 1. The van der Waals surface area contributed by atoms with Gasteiger partial charge < -0.3 is 9.84 Å².